The van der Waals surface area contributed by atoms with Crippen LogP contribution in [0.25, 0.3) is 4.85 Å². The maximum atomic E-state index is 10.2. The van der Waals surface area contributed by atoms with Gasteiger partial charge in [0.25, 0.3) is 0 Å². The molecule has 0 bridgehead atoms. The zero-order valence-corrected chi connectivity index (χ0v) is 19.1. The normalized spacial score (nSPS) is 16.1. The number of halogens is 1. The summed E-state index contributed by atoms with van der Waals surface area (Å²) in [5.41, 5.74) is 3.80. The summed E-state index contributed by atoms with van der Waals surface area (Å²) in [4.78, 5) is 14.9. The summed E-state index contributed by atoms with van der Waals surface area (Å²) in [5.74, 6) is 0.989. The van der Waals surface area contributed by atoms with Crippen LogP contribution in [0.3, 0.4) is 0 Å². The number of benzene rings is 1. The van der Waals surface area contributed by atoms with E-state index in [1.54, 1.807) is 12.3 Å². The van der Waals surface area contributed by atoms with Gasteiger partial charge in [-0.2, -0.15) is 0 Å². The first-order valence-electron chi connectivity index (χ1n) is 10.9. The van der Waals surface area contributed by atoms with E-state index in [0.29, 0.717) is 10.7 Å². The minimum Gasteiger partial charge on any atom is -0.396 e. The Morgan fingerprint density at radius 1 is 1.12 bits per heavy atom. The van der Waals surface area contributed by atoms with E-state index < -0.39 is 0 Å². The van der Waals surface area contributed by atoms with Crippen molar-refractivity contribution in [2.45, 2.75) is 39.3 Å². The molecule has 1 aliphatic heterocycles. The molecule has 0 aliphatic carbocycles. The molecule has 1 saturated heterocycles. The largest absolute Gasteiger partial charge is 0.396 e. The molecule has 3 heterocycles. The van der Waals surface area contributed by atoms with Crippen LogP contribution in [0.2, 0.25) is 5.02 Å². The third-order valence-corrected chi connectivity index (χ3v) is 6.75. The molecular formula is C25H28ClN5O. The number of aliphatic hydroxyl groups excluding tert-OH is 1. The lowest BCUT2D eigenvalue weighted by Crippen LogP contribution is -2.43. The van der Waals surface area contributed by atoms with Crippen molar-refractivity contribution in [1.29, 1.82) is 0 Å². The fourth-order valence-corrected chi connectivity index (χ4v) is 4.63. The number of pyridine rings is 1. The van der Waals surface area contributed by atoms with Gasteiger partial charge in [0.1, 0.15) is 5.82 Å². The van der Waals surface area contributed by atoms with Crippen molar-refractivity contribution < 1.29 is 5.11 Å². The number of rotatable bonds is 7. The van der Waals surface area contributed by atoms with Gasteiger partial charge in [-0.3, -0.25) is 9.88 Å². The average Bonchev–Trinajstić information content (AvgIpc) is 3.14. The van der Waals surface area contributed by atoms with Crippen LogP contribution in [0, 0.1) is 18.9 Å². The molecule has 2 aromatic heterocycles. The minimum atomic E-state index is -0.144. The predicted molar refractivity (Wildman–Crippen MR) is 126 cm³/mol. The van der Waals surface area contributed by atoms with Gasteiger partial charge in [-0.05, 0) is 57.0 Å². The number of aliphatic hydroxyl groups is 1. The summed E-state index contributed by atoms with van der Waals surface area (Å²) in [6, 6.07) is 11.4. The van der Waals surface area contributed by atoms with Crippen LogP contribution in [0.15, 0.2) is 48.8 Å². The quantitative estimate of drug-likeness (QED) is 0.533. The maximum absolute atomic E-state index is 10.2. The molecule has 7 heteroatoms. The van der Waals surface area contributed by atoms with Crippen LogP contribution in [0.5, 0.6) is 0 Å². The summed E-state index contributed by atoms with van der Waals surface area (Å²) < 4.78 is 2.25. The molecule has 1 aliphatic rings. The molecular weight excluding hydrogens is 422 g/mol. The Kier molecular flexibility index (Phi) is 6.90. The number of hydrogen-bond donors (Lipinski definition) is 1. The molecule has 32 heavy (non-hydrogen) atoms. The van der Waals surface area contributed by atoms with Crippen LogP contribution in [0.1, 0.15) is 35.6 Å². The fraction of sp³-hybridized carbons (Fsp3) is 0.400. The molecule has 0 radical (unpaired) electrons. The summed E-state index contributed by atoms with van der Waals surface area (Å²) in [6.07, 6.45) is 6.28. The minimum absolute atomic E-state index is 0.144. The van der Waals surface area contributed by atoms with Gasteiger partial charge in [0.15, 0.2) is 5.69 Å². The number of imidazole rings is 1. The summed E-state index contributed by atoms with van der Waals surface area (Å²) in [7, 11) is 0. The molecule has 6 nitrogen and oxygen atoms in total. The van der Waals surface area contributed by atoms with E-state index in [2.05, 4.69) is 24.3 Å². The topological polar surface area (TPSA) is 58.5 Å². The van der Waals surface area contributed by atoms with Gasteiger partial charge in [-0.1, -0.05) is 35.9 Å². The maximum Gasteiger partial charge on any atom is 0.187 e. The van der Waals surface area contributed by atoms with Gasteiger partial charge < -0.3 is 9.67 Å². The lowest BCUT2D eigenvalue weighted by molar-refractivity contribution is 0.0399. The summed E-state index contributed by atoms with van der Waals surface area (Å²) >= 11 is 6.12. The van der Waals surface area contributed by atoms with Crippen LogP contribution in [0.4, 0.5) is 5.69 Å². The Hall–Kier alpha value is -2.72. The molecule has 0 spiro atoms. The van der Waals surface area contributed by atoms with Crippen molar-refractivity contribution in [2.24, 2.45) is 5.41 Å². The fourth-order valence-electron chi connectivity index (χ4n) is 4.45. The van der Waals surface area contributed by atoms with Crippen LogP contribution in [-0.4, -0.2) is 44.2 Å². The first-order chi connectivity index (χ1) is 15.5. The second kappa shape index (κ2) is 9.83. The van der Waals surface area contributed by atoms with Crippen molar-refractivity contribution in [2.75, 3.05) is 19.7 Å². The summed E-state index contributed by atoms with van der Waals surface area (Å²) in [5, 5.41) is 10.9. The van der Waals surface area contributed by atoms with Gasteiger partial charge in [0.05, 0.1) is 12.3 Å². The lowest BCUT2D eigenvalue weighted by atomic mass is 9.75. The third kappa shape index (κ3) is 5.18. The van der Waals surface area contributed by atoms with E-state index in [0.717, 1.165) is 62.5 Å². The predicted octanol–water partition coefficient (Wildman–Crippen LogP) is 4.66. The number of nitrogens with zero attached hydrogens (tertiary/aromatic N) is 5. The molecule has 3 aromatic rings. The number of aryl methyl sites for hydroxylation is 1. The highest BCUT2D eigenvalue weighted by molar-refractivity contribution is 6.30. The average molecular weight is 450 g/mol. The van der Waals surface area contributed by atoms with Crippen molar-refractivity contribution in [3.63, 3.8) is 0 Å². The smallest absolute Gasteiger partial charge is 0.187 e. The molecule has 166 valence electrons. The Morgan fingerprint density at radius 2 is 1.88 bits per heavy atom. The van der Waals surface area contributed by atoms with Gasteiger partial charge in [0.2, 0.25) is 0 Å². The van der Waals surface area contributed by atoms with Crippen LogP contribution >= 0.6 is 11.6 Å². The highest BCUT2D eigenvalue weighted by atomic mass is 35.5. The first kappa shape index (κ1) is 22.5. The third-order valence-electron chi connectivity index (χ3n) is 6.52. The van der Waals surface area contributed by atoms with Gasteiger partial charge in [-0.15, -0.1) is 0 Å². The number of hydrogen-bond acceptors (Lipinski definition) is 4. The second-order valence-electron chi connectivity index (χ2n) is 8.74. The molecule has 4 rings (SSSR count). The number of piperidine rings is 1. The Bertz CT molecular complexity index is 1090. The highest BCUT2D eigenvalue weighted by Crippen LogP contribution is 2.35. The van der Waals surface area contributed by atoms with Gasteiger partial charge in [-0.25, -0.2) is 9.83 Å². The van der Waals surface area contributed by atoms with Crippen molar-refractivity contribution in [1.82, 2.24) is 19.4 Å². The Labute approximate surface area is 194 Å². The van der Waals surface area contributed by atoms with Crippen molar-refractivity contribution >= 4 is 17.3 Å². The SMILES string of the molecule is [C-]#[N+]c1ccc(Cn2c(CN3CCC(CO)(Cc4cc(Cl)ccn4)CC3)cnc2C)cc1. The number of likely N-dealkylation sites (tertiary alicyclic amines) is 1. The molecule has 1 aromatic carbocycles. The van der Waals surface area contributed by atoms with Crippen molar-refractivity contribution in [3.05, 3.63) is 88.0 Å². The van der Waals surface area contributed by atoms with E-state index >= 15 is 0 Å². The van der Waals surface area contributed by atoms with Crippen LogP contribution < -0.4 is 0 Å². The highest BCUT2D eigenvalue weighted by Gasteiger charge is 2.35. The van der Waals surface area contributed by atoms with E-state index in [1.165, 1.54) is 5.69 Å². The standard InChI is InChI=1S/C25H28ClN5O/c1-19-29-15-24(31(19)16-20-3-5-22(27-2)6-4-20)17-30-11-8-25(18-32,9-12-30)14-23-13-21(26)7-10-28-23/h3-7,10,13,15,32H,8-9,11-12,14,16-18H2,1H3. The second-order valence-corrected chi connectivity index (χ2v) is 9.17. The molecule has 1 fully saturated rings. The number of aromatic nitrogens is 3. The van der Waals surface area contributed by atoms with Gasteiger partial charge in [0, 0.05) is 48.2 Å². The molecule has 0 saturated carbocycles. The Morgan fingerprint density at radius 3 is 2.53 bits per heavy atom. The molecule has 0 amide bonds. The monoisotopic (exact) mass is 449 g/mol. The van der Waals surface area contributed by atoms with Crippen LogP contribution in [-0.2, 0) is 19.5 Å². The molecule has 0 atom stereocenters. The Balaban J connectivity index is 1.40. The van der Waals surface area contributed by atoms with E-state index in [9.17, 15) is 5.11 Å². The zero-order valence-electron chi connectivity index (χ0n) is 18.3. The zero-order chi connectivity index (χ0) is 22.6. The summed E-state index contributed by atoms with van der Waals surface area (Å²) in [6.45, 7) is 12.7. The van der Waals surface area contributed by atoms with Gasteiger partial charge >= 0.3 is 0 Å². The van der Waals surface area contributed by atoms with Crippen molar-refractivity contribution in [3.8, 4) is 0 Å². The first-order valence-corrected chi connectivity index (χ1v) is 11.3. The molecule has 1 N–H and O–H groups in total. The lowest BCUT2D eigenvalue weighted by Gasteiger charge is -2.40. The van der Waals surface area contributed by atoms with E-state index in [1.807, 2.05) is 43.5 Å². The molecule has 0 unspecified atom stereocenters. The van der Waals surface area contributed by atoms with E-state index in [-0.39, 0.29) is 12.0 Å². The van der Waals surface area contributed by atoms with E-state index in [4.69, 9.17) is 18.2 Å².